The van der Waals surface area contributed by atoms with Gasteiger partial charge in [-0.2, -0.15) is 17.6 Å². The van der Waals surface area contributed by atoms with Crippen LogP contribution in [0.3, 0.4) is 0 Å². The molecule has 2 N–H and O–H groups in total. The quantitative estimate of drug-likeness (QED) is 0.376. The summed E-state index contributed by atoms with van der Waals surface area (Å²) in [7, 11) is 0. The normalized spacial score (nSPS) is 21.0. The number of rotatable bonds is 3. The van der Waals surface area contributed by atoms with E-state index >= 15 is 0 Å². The van der Waals surface area contributed by atoms with Gasteiger partial charge in [0, 0.05) is 30.8 Å². The summed E-state index contributed by atoms with van der Waals surface area (Å²) in [6, 6.07) is 2.28. The molecule has 0 spiro atoms. The Kier molecular flexibility index (Phi) is 5.12. The van der Waals surface area contributed by atoms with E-state index in [1.54, 1.807) is 6.07 Å². The lowest BCUT2D eigenvalue weighted by Crippen LogP contribution is -2.46. The van der Waals surface area contributed by atoms with Gasteiger partial charge in [0.05, 0.1) is 23.3 Å². The number of pyridine rings is 2. The SMILES string of the molecule is [C-]#[N+]c1cnc2c(Cc3cnc(F)c([C@]4(C)C[C@@H](C(F)(F)F)OC(N)=N4)c3)ncnc2c1. The van der Waals surface area contributed by atoms with Crippen LogP contribution in [0.1, 0.15) is 30.2 Å². The van der Waals surface area contributed by atoms with E-state index in [4.69, 9.17) is 12.3 Å². The Hall–Kier alpha value is -3.88. The maximum Gasteiger partial charge on any atom is 0.425 e. The Bertz CT molecular complexity index is 1270. The molecule has 0 saturated heterocycles. The number of amidine groups is 1. The molecule has 8 nitrogen and oxygen atoms in total. The van der Waals surface area contributed by atoms with Crippen molar-refractivity contribution in [1.82, 2.24) is 19.9 Å². The van der Waals surface area contributed by atoms with Crippen LogP contribution in [0.2, 0.25) is 0 Å². The van der Waals surface area contributed by atoms with Crippen LogP contribution >= 0.6 is 0 Å². The van der Waals surface area contributed by atoms with Gasteiger partial charge in [-0.1, -0.05) is 0 Å². The molecule has 1 aliphatic heterocycles. The highest BCUT2D eigenvalue weighted by atomic mass is 19.4. The van der Waals surface area contributed by atoms with E-state index in [0.717, 1.165) is 0 Å². The van der Waals surface area contributed by atoms with Crippen molar-refractivity contribution < 1.29 is 22.3 Å². The van der Waals surface area contributed by atoms with Crippen molar-refractivity contribution in [2.45, 2.75) is 37.6 Å². The third-order valence-electron chi connectivity index (χ3n) is 5.08. The van der Waals surface area contributed by atoms with E-state index in [2.05, 4.69) is 34.5 Å². The zero-order chi connectivity index (χ0) is 23.1. The maximum atomic E-state index is 14.6. The molecule has 0 aromatic carbocycles. The number of halogens is 4. The molecule has 0 unspecified atom stereocenters. The number of hydrogen-bond donors (Lipinski definition) is 1. The number of ether oxygens (including phenoxy) is 1. The molecular weight excluding hydrogens is 430 g/mol. The molecule has 0 saturated carbocycles. The number of aliphatic imine (C=N–C) groups is 1. The van der Waals surface area contributed by atoms with E-state index in [0.29, 0.717) is 28.0 Å². The number of alkyl halides is 3. The van der Waals surface area contributed by atoms with Crippen molar-refractivity contribution >= 4 is 22.7 Å². The topological polar surface area (TPSA) is 104 Å². The Morgan fingerprint density at radius 1 is 1.22 bits per heavy atom. The van der Waals surface area contributed by atoms with Crippen LogP contribution in [0.4, 0.5) is 23.2 Å². The summed E-state index contributed by atoms with van der Waals surface area (Å²) in [4.78, 5) is 23.5. The first-order chi connectivity index (χ1) is 15.1. The second-order valence-corrected chi connectivity index (χ2v) is 7.43. The molecule has 3 aromatic heterocycles. The van der Waals surface area contributed by atoms with E-state index in [1.165, 1.54) is 31.7 Å². The monoisotopic (exact) mass is 445 g/mol. The number of nitrogens with two attached hydrogens (primary N) is 1. The van der Waals surface area contributed by atoms with Crippen LogP contribution in [0.15, 0.2) is 35.8 Å². The van der Waals surface area contributed by atoms with Gasteiger partial charge in [0.2, 0.25) is 11.6 Å². The molecule has 0 aliphatic carbocycles. The lowest BCUT2D eigenvalue weighted by Gasteiger charge is -2.35. The molecule has 3 aromatic rings. The minimum absolute atomic E-state index is 0.142. The molecule has 0 fully saturated rings. The summed E-state index contributed by atoms with van der Waals surface area (Å²) in [5.41, 5.74) is 5.88. The predicted molar refractivity (Wildman–Crippen MR) is 105 cm³/mol. The van der Waals surface area contributed by atoms with Crippen LogP contribution in [-0.4, -0.2) is 38.2 Å². The lowest BCUT2D eigenvalue weighted by atomic mass is 9.85. The van der Waals surface area contributed by atoms with Crippen LogP contribution in [-0.2, 0) is 16.7 Å². The molecule has 4 rings (SSSR count). The van der Waals surface area contributed by atoms with Crippen LogP contribution in [0, 0.1) is 12.5 Å². The van der Waals surface area contributed by atoms with Gasteiger partial charge in [-0.15, -0.1) is 0 Å². The second-order valence-electron chi connectivity index (χ2n) is 7.43. The average Bonchev–Trinajstić information content (AvgIpc) is 2.73. The van der Waals surface area contributed by atoms with E-state index in [-0.39, 0.29) is 12.0 Å². The Balaban J connectivity index is 1.72. The second kappa shape index (κ2) is 7.67. The van der Waals surface area contributed by atoms with Crippen molar-refractivity contribution in [3.8, 4) is 0 Å². The first-order valence-corrected chi connectivity index (χ1v) is 9.30. The average molecular weight is 445 g/mol. The summed E-state index contributed by atoms with van der Waals surface area (Å²) in [5, 5.41) is 0. The van der Waals surface area contributed by atoms with Gasteiger partial charge in [0.1, 0.15) is 11.8 Å². The molecule has 32 heavy (non-hydrogen) atoms. The van der Waals surface area contributed by atoms with Gasteiger partial charge >= 0.3 is 6.18 Å². The third kappa shape index (κ3) is 4.01. The molecule has 2 atom stereocenters. The van der Waals surface area contributed by atoms with Crippen molar-refractivity contribution in [3.63, 3.8) is 0 Å². The number of fused-ring (bicyclic) bond motifs is 1. The fraction of sp³-hybridized carbons (Fsp3) is 0.300. The molecule has 4 heterocycles. The van der Waals surface area contributed by atoms with Crippen LogP contribution in [0.25, 0.3) is 15.9 Å². The number of hydrogen-bond acceptors (Lipinski definition) is 7. The number of aromatic nitrogens is 4. The molecule has 0 bridgehead atoms. The van der Waals surface area contributed by atoms with Crippen LogP contribution in [0.5, 0.6) is 0 Å². The summed E-state index contributed by atoms with van der Waals surface area (Å²) in [6.07, 6.45) is -3.47. The molecule has 1 aliphatic rings. The molecule has 0 radical (unpaired) electrons. The standard InChI is InChI=1S/C20H15F4N7O/c1-19(6-15(20(22,23)24)32-18(25)31-19)12-3-10(7-28-17(12)21)4-13-16-14(30-9-29-13)5-11(26-2)8-27-16/h3,5,7-9,15H,4,6H2,1H3,(H2,25,31)/t15-,19-/m0/s1. The van der Waals surface area contributed by atoms with Gasteiger partial charge in [-0.3, -0.25) is 4.98 Å². The van der Waals surface area contributed by atoms with Crippen LogP contribution < -0.4 is 5.73 Å². The van der Waals surface area contributed by atoms with E-state index < -0.39 is 36.2 Å². The first kappa shape index (κ1) is 21.4. The van der Waals surface area contributed by atoms with E-state index in [1.807, 2.05) is 0 Å². The first-order valence-electron chi connectivity index (χ1n) is 9.30. The highest BCUT2D eigenvalue weighted by Gasteiger charge is 2.50. The number of nitrogens with zero attached hydrogens (tertiary/aromatic N) is 6. The minimum atomic E-state index is -4.70. The Morgan fingerprint density at radius 3 is 2.72 bits per heavy atom. The fourth-order valence-electron chi connectivity index (χ4n) is 3.55. The summed E-state index contributed by atoms with van der Waals surface area (Å²) < 4.78 is 59.0. The minimum Gasteiger partial charge on any atom is -0.452 e. The molecular formula is C20H15F4N7O. The van der Waals surface area contributed by atoms with Gasteiger partial charge < -0.3 is 10.5 Å². The molecule has 12 heteroatoms. The summed E-state index contributed by atoms with van der Waals surface area (Å²) >= 11 is 0. The third-order valence-corrected chi connectivity index (χ3v) is 5.08. The largest absolute Gasteiger partial charge is 0.452 e. The fourth-order valence-corrected chi connectivity index (χ4v) is 3.55. The van der Waals surface area contributed by atoms with Crippen molar-refractivity contribution in [2.75, 3.05) is 0 Å². The molecule has 0 amide bonds. The van der Waals surface area contributed by atoms with Gasteiger partial charge in [0.15, 0.2) is 6.10 Å². The van der Waals surface area contributed by atoms with Gasteiger partial charge in [0.25, 0.3) is 6.02 Å². The summed E-state index contributed by atoms with van der Waals surface area (Å²) in [5.74, 6) is -0.956. The molecule has 164 valence electrons. The van der Waals surface area contributed by atoms with Crippen molar-refractivity contribution in [2.24, 2.45) is 10.7 Å². The van der Waals surface area contributed by atoms with Gasteiger partial charge in [-0.25, -0.2) is 24.8 Å². The van der Waals surface area contributed by atoms with Crippen molar-refractivity contribution in [1.29, 1.82) is 0 Å². The Morgan fingerprint density at radius 2 is 2.00 bits per heavy atom. The zero-order valence-electron chi connectivity index (χ0n) is 16.6. The van der Waals surface area contributed by atoms with Crippen molar-refractivity contribution in [3.05, 3.63) is 65.0 Å². The predicted octanol–water partition coefficient (Wildman–Crippen LogP) is 3.58. The summed E-state index contributed by atoms with van der Waals surface area (Å²) in [6.45, 7) is 8.42. The zero-order valence-corrected chi connectivity index (χ0v) is 16.6. The van der Waals surface area contributed by atoms with Gasteiger partial charge in [-0.05, 0) is 24.6 Å². The lowest BCUT2D eigenvalue weighted by molar-refractivity contribution is -0.208. The highest BCUT2D eigenvalue weighted by Crippen LogP contribution is 2.40. The van der Waals surface area contributed by atoms with E-state index in [9.17, 15) is 17.6 Å². The smallest absolute Gasteiger partial charge is 0.425 e. The maximum absolute atomic E-state index is 14.6. The highest BCUT2D eigenvalue weighted by molar-refractivity contribution is 5.79. The Labute approximate surface area is 179 Å².